The number of hydrogen-bond donors (Lipinski definition) is 1. The molecular formula is C17H30N2O. The number of nitrogens with one attached hydrogen (secondary N) is 1. The van der Waals surface area contributed by atoms with E-state index in [0.29, 0.717) is 12.0 Å². The summed E-state index contributed by atoms with van der Waals surface area (Å²) in [5, 5.41) is 3.67. The van der Waals surface area contributed by atoms with E-state index in [0.717, 1.165) is 32.2 Å². The number of ether oxygens (including phenoxy) is 1. The number of nitrogens with zero attached hydrogens (tertiary/aromatic N) is 1. The highest BCUT2D eigenvalue weighted by Crippen LogP contribution is 2.23. The van der Waals surface area contributed by atoms with Crippen molar-refractivity contribution >= 4 is 0 Å². The largest absolute Gasteiger partial charge is 0.381 e. The minimum absolute atomic E-state index is 0.478. The van der Waals surface area contributed by atoms with Gasteiger partial charge in [-0.25, -0.2) is 0 Å². The predicted octanol–water partition coefficient (Wildman–Crippen LogP) is 3.61. The lowest BCUT2D eigenvalue weighted by Gasteiger charge is -2.23. The van der Waals surface area contributed by atoms with Crippen molar-refractivity contribution in [2.24, 2.45) is 11.8 Å². The number of hydrogen-bond acceptors (Lipinski definition) is 2. The molecule has 1 aromatic rings. The summed E-state index contributed by atoms with van der Waals surface area (Å²) < 4.78 is 7.81. The molecule has 1 saturated heterocycles. The molecule has 1 aliphatic heterocycles. The summed E-state index contributed by atoms with van der Waals surface area (Å²) in [5.74, 6) is 1.41. The van der Waals surface area contributed by atoms with Crippen molar-refractivity contribution in [2.75, 3.05) is 19.8 Å². The standard InChI is InChI=1S/C17H30N2O/c1-4-8-18-17(14(2)3)16-5-9-19(13-16)12-15-6-10-20-11-7-15/h5,9,13-15,17-18H,4,6-8,10-12H2,1-3H3. The lowest BCUT2D eigenvalue weighted by Crippen LogP contribution is -2.26. The second kappa shape index (κ2) is 7.84. The van der Waals surface area contributed by atoms with Crippen molar-refractivity contribution in [1.29, 1.82) is 0 Å². The van der Waals surface area contributed by atoms with Crippen molar-refractivity contribution in [3.63, 3.8) is 0 Å². The Morgan fingerprint density at radius 2 is 2.10 bits per heavy atom. The van der Waals surface area contributed by atoms with Crippen LogP contribution in [0.25, 0.3) is 0 Å². The molecule has 0 saturated carbocycles. The first-order chi connectivity index (χ1) is 9.70. The molecule has 0 aromatic carbocycles. The summed E-state index contributed by atoms with van der Waals surface area (Å²) in [6.07, 6.45) is 8.17. The van der Waals surface area contributed by atoms with Crippen LogP contribution in [0.5, 0.6) is 0 Å². The topological polar surface area (TPSA) is 26.2 Å². The molecule has 0 amide bonds. The van der Waals surface area contributed by atoms with Gasteiger partial charge >= 0.3 is 0 Å². The van der Waals surface area contributed by atoms with Gasteiger partial charge < -0.3 is 14.6 Å². The SMILES string of the molecule is CCCNC(c1ccn(CC2CCOCC2)c1)C(C)C. The first-order valence-electron chi connectivity index (χ1n) is 8.17. The Labute approximate surface area is 123 Å². The third-order valence-electron chi connectivity index (χ3n) is 4.22. The Hall–Kier alpha value is -0.800. The fourth-order valence-electron chi connectivity index (χ4n) is 3.02. The first-order valence-corrected chi connectivity index (χ1v) is 8.17. The van der Waals surface area contributed by atoms with Crippen LogP contribution in [0, 0.1) is 11.8 Å². The molecule has 0 radical (unpaired) electrons. The van der Waals surface area contributed by atoms with Crippen LogP contribution in [0.3, 0.4) is 0 Å². The van der Waals surface area contributed by atoms with E-state index in [1.54, 1.807) is 0 Å². The van der Waals surface area contributed by atoms with Crippen molar-refractivity contribution in [3.8, 4) is 0 Å². The average Bonchev–Trinajstić information content (AvgIpc) is 2.88. The summed E-state index contributed by atoms with van der Waals surface area (Å²) in [7, 11) is 0. The monoisotopic (exact) mass is 278 g/mol. The Morgan fingerprint density at radius 3 is 2.75 bits per heavy atom. The summed E-state index contributed by atoms with van der Waals surface area (Å²) in [4.78, 5) is 0. The number of aromatic nitrogens is 1. The van der Waals surface area contributed by atoms with Crippen LogP contribution in [0.1, 0.15) is 51.6 Å². The predicted molar refractivity (Wildman–Crippen MR) is 83.8 cm³/mol. The smallest absolute Gasteiger partial charge is 0.0469 e. The quantitative estimate of drug-likeness (QED) is 0.824. The molecule has 20 heavy (non-hydrogen) atoms. The van der Waals surface area contributed by atoms with E-state index in [4.69, 9.17) is 4.74 Å². The van der Waals surface area contributed by atoms with Gasteiger partial charge in [-0.05, 0) is 49.3 Å². The van der Waals surface area contributed by atoms with Crippen LogP contribution < -0.4 is 5.32 Å². The van der Waals surface area contributed by atoms with Crippen LogP contribution in [0.15, 0.2) is 18.5 Å². The van der Waals surface area contributed by atoms with Gasteiger partial charge in [0.25, 0.3) is 0 Å². The van der Waals surface area contributed by atoms with Gasteiger partial charge in [-0.3, -0.25) is 0 Å². The molecule has 0 aliphatic carbocycles. The van der Waals surface area contributed by atoms with E-state index < -0.39 is 0 Å². The summed E-state index contributed by atoms with van der Waals surface area (Å²) in [6.45, 7) is 10.9. The van der Waals surface area contributed by atoms with E-state index in [2.05, 4.69) is 49.1 Å². The highest BCUT2D eigenvalue weighted by Gasteiger charge is 2.18. The summed E-state index contributed by atoms with van der Waals surface area (Å²) in [5.41, 5.74) is 1.43. The fourth-order valence-corrected chi connectivity index (χ4v) is 3.02. The van der Waals surface area contributed by atoms with Crippen molar-refractivity contribution in [2.45, 2.75) is 52.6 Å². The Balaban J connectivity index is 1.95. The third kappa shape index (κ3) is 4.35. The zero-order valence-electron chi connectivity index (χ0n) is 13.3. The summed E-state index contributed by atoms with van der Waals surface area (Å²) in [6, 6.07) is 2.76. The molecule has 3 heteroatoms. The maximum atomic E-state index is 5.44. The first kappa shape index (κ1) is 15.6. The highest BCUT2D eigenvalue weighted by molar-refractivity contribution is 5.16. The van der Waals surface area contributed by atoms with E-state index in [-0.39, 0.29) is 0 Å². The van der Waals surface area contributed by atoms with Gasteiger partial charge in [0.15, 0.2) is 0 Å². The molecular weight excluding hydrogens is 248 g/mol. The Morgan fingerprint density at radius 1 is 1.35 bits per heavy atom. The third-order valence-corrected chi connectivity index (χ3v) is 4.22. The lowest BCUT2D eigenvalue weighted by atomic mass is 9.98. The molecule has 2 heterocycles. The molecule has 1 aromatic heterocycles. The maximum absolute atomic E-state index is 5.44. The molecule has 2 rings (SSSR count). The van der Waals surface area contributed by atoms with Gasteiger partial charge in [-0.2, -0.15) is 0 Å². The second-order valence-electron chi connectivity index (χ2n) is 6.37. The van der Waals surface area contributed by atoms with Gasteiger partial charge in [0.05, 0.1) is 0 Å². The fraction of sp³-hybridized carbons (Fsp3) is 0.765. The van der Waals surface area contributed by atoms with Crippen LogP contribution in [0.2, 0.25) is 0 Å². The van der Waals surface area contributed by atoms with Crippen molar-refractivity contribution < 1.29 is 4.74 Å². The molecule has 1 unspecified atom stereocenters. The zero-order valence-corrected chi connectivity index (χ0v) is 13.3. The second-order valence-corrected chi connectivity index (χ2v) is 6.37. The average molecular weight is 278 g/mol. The highest BCUT2D eigenvalue weighted by atomic mass is 16.5. The molecule has 1 aliphatic rings. The minimum atomic E-state index is 0.478. The van der Waals surface area contributed by atoms with E-state index in [9.17, 15) is 0 Å². The van der Waals surface area contributed by atoms with Crippen LogP contribution in [-0.2, 0) is 11.3 Å². The molecule has 1 fully saturated rings. The van der Waals surface area contributed by atoms with E-state index in [1.165, 1.54) is 24.8 Å². The van der Waals surface area contributed by atoms with Gasteiger partial charge in [-0.15, -0.1) is 0 Å². The Kier molecular flexibility index (Phi) is 6.11. The van der Waals surface area contributed by atoms with Crippen LogP contribution in [-0.4, -0.2) is 24.3 Å². The van der Waals surface area contributed by atoms with Gasteiger partial charge in [0.2, 0.25) is 0 Å². The molecule has 0 spiro atoms. The summed E-state index contributed by atoms with van der Waals surface area (Å²) >= 11 is 0. The zero-order chi connectivity index (χ0) is 14.4. The van der Waals surface area contributed by atoms with Gasteiger partial charge in [0, 0.05) is 38.2 Å². The van der Waals surface area contributed by atoms with Crippen molar-refractivity contribution in [3.05, 3.63) is 24.0 Å². The molecule has 114 valence electrons. The minimum Gasteiger partial charge on any atom is -0.381 e. The van der Waals surface area contributed by atoms with Crippen LogP contribution >= 0.6 is 0 Å². The number of rotatable bonds is 7. The molecule has 1 N–H and O–H groups in total. The van der Waals surface area contributed by atoms with Crippen LogP contribution in [0.4, 0.5) is 0 Å². The lowest BCUT2D eigenvalue weighted by molar-refractivity contribution is 0.0613. The van der Waals surface area contributed by atoms with E-state index in [1.807, 2.05) is 0 Å². The molecule has 0 bridgehead atoms. The normalized spacial score (nSPS) is 18.6. The van der Waals surface area contributed by atoms with Crippen molar-refractivity contribution in [1.82, 2.24) is 9.88 Å². The Bertz CT molecular complexity index is 380. The molecule has 1 atom stereocenters. The van der Waals surface area contributed by atoms with E-state index >= 15 is 0 Å². The van der Waals surface area contributed by atoms with Gasteiger partial charge in [-0.1, -0.05) is 20.8 Å². The van der Waals surface area contributed by atoms with Gasteiger partial charge in [0.1, 0.15) is 0 Å². The molecule has 3 nitrogen and oxygen atoms in total. The maximum Gasteiger partial charge on any atom is 0.0469 e.